The first-order valence-corrected chi connectivity index (χ1v) is 6.44. The van der Waals surface area contributed by atoms with Crippen molar-refractivity contribution in [2.45, 2.75) is 0 Å². The zero-order valence-corrected chi connectivity index (χ0v) is 11.2. The van der Waals surface area contributed by atoms with Gasteiger partial charge in [-0.2, -0.15) is 0 Å². The van der Waals surface area contributed by atoms with Gasteiger partial charge in [0, 0.05) is 12.6 Å². The highest BCUT2D eigenvalue weighted by Crippen LogP contribution is 2.20. The molecule has 0 spiro atoms. The fraction of sp³-hybridized carbons (Fsp3) is 0.0588. The fourth-order valence-electron chi connectivity index (χ4n) is 2.15. The van der Waals surface area contributed by atoms with E-state index >= 15 is 0 Å². The zero-order chi connectivity index (χ0) is 13.9. The minimum absolute atomic E-state index is 0.0762. The standard InChI is InChI=1S/C17H14N2O/c1-19-16(14-10-6-3-7-11-14)18-15(17(19)20)12-13-8-4-2-5-9-13/h2-12H,1H3. The van der Waals surface area contributed by atoms with Crippen molar-refractivity contribution in [1.82, 2.24) is 4.90 Å². The van der Waals surface area contributed by atoms with E-state index in [1.807, 2.05) is 66.7 Å². The first-order valence-electron chi connectivity index (χ1n) is 6.44. The van der Waals surface area contributed by atoms with Gasteiger partial charge in [0.25, 0.3) is 5.91 Å². The summed E-state index contributed by atoms with van der Waals surface area (Å²) in [5, 5.41) is 0. The number of amides is 1. The molecule has 0 aliphatic carbocycles. The van der Waals surface area contributed by atoms with Crippen molar-refractivity contribution in [3.63, 3.8) is 0 Å². The molecule has 98 valence electrons. The Morgan fingerprint density at radius 3 is 2.20 bits per heavy atom. The third-order valence-electron chi connectivity index (χ3n) is 3.20. The number of hydrogen-bond donors (Lipinski definition) is 0. The van der Waals surface area contributed by atoms with E-state index in [1.165, 1.54) is 0 Å². The topological polar surface area (TPSA) is 32.7 Å². The molecule has 0 aromatic heterocycles. The summed E-state index contributed by atoms with van der Waals surface area (Å²) in [4.78, 5) is 18.3. The number of carbonyl (C=O) groups is 1. The highest BCUT2D eigenvalue weighted by molar-refractivity contribution is 6.19. The summed E-state index contributed by atoms with van der Waals surface area (Å²) in [6.45, 7) is 0. The summed E-state index contributed by atoms with van der Waals surface area (Å²) in [6, 6.07) is 19.5. The monoisotopic (exact) mass is 262 g/mol. The van der Waals surface area contributed by atoms with Crippen molar-refractivity contribution >= 4 is 17.8 Å². The number of rotatable bonds is 2. The van der Waals surface area contributed by atoms with Crippen LogP contribution < -0.4 is 0 Å². The van der Waals surface area contributed by atoms with Crippen molar-refractivity contribution in [2.24, 2.45) is 4.99 Å². The van der Waals surface area contributed by atoms with E-state index in [0.29, 0.717) is 11.5 Å². The molecule has 0 saturated carbocycles. The Morgan fingerprint density at radius 1 is 0.950 bits per heavy atom. The van der Waals surface area contributed by atoms with Crippen LogP contribution in [0.15, 0.2) is 71.4 Å². The third kappa shape index (κ3) is 2.26. The molecule has 0 saturated heterocycles. The minimum Gasteiger partial charge on any atom is -0.294 e. The van der Waals surface area contributed by atoms with Crippen LogP contribution >= 0.6 is 0 Å². The van der Waals surface area contributed by atoms with Gasteiger partial charge in [-0.1, -0.05) is 60.7 Å². The summed E-state index contributed by atoms with van der Waals surface area (Å²) < 4.78 is 0. The molecule has 20 heavy (non-hydrogen) atoms. The molecule has 1 aliphatic rings. The predicted molar refractivity (Wildman–Crippen MR) is 80.2 cm³/mol. The molecule has 0 unspecified atom stereocenters. The molecule has 0 fully saturated rings. The van der Waals surface area contributed by atoms with Crippen molar-refractivity contribution < 1.29 is 4.79 Å². The largest absolute Gasteiger partial charge is 0.294 e. The van der Waals surface area contributed by atoms with Gasteiger partial charge in [-0.3, -0.25) is 9.69 Å². The minimum atomic E-state index is -0.0762. The molecule has 3 heteroatoms. The smallest absolute Gasteiger partial charge is 0.277 e. The normalized spacial score (nSPS) is 16.6. The Kier molecular flexibility index (Phi) is 3.17. The van der Waals surface area contributed by atoms with Gasteiger partial charge in [0.1, 0.15) is 11.5 Å². The van der Waals surface area contributed by atoms with E-state index in [4.69, 9.17) is 0 Å². The number of benzene rings is 2. The lowest BCUT2D eigenvalue weighted by atomic mass is 10.2. The molecule has 0 N–H and O–H groups in total. The van der Waals surface area contributed by atoms with Gasteiger partial charge in [0.2, 0.25) is 0 Å². The first kappa shape index (κ1) is 12.4. The Balaban J connectivity index is 2.00. The van der Waals surface area contributed by atoms with Crippen LogP contribution in [0.4, 0.5) is 0 Å². The maximum Gasteiger partial charge on any atom is 0.277 e. The van der Waals surface area contributed by atoms with Gasteiger partial charge < -0.3 is 0 Å². The summed E-state index contributed by atoms with van der Waals surface area (Å²) in [7, 11) is 1.75. The maximum absolute atomic E-state index is 12.2. The fourth-order valence-corrected chi connectivity index (χ4v) is 2.15. The van der Waals surface area contributed by atoms with Crippen LogP contribution in [-0.4, -0.2) is 23.7 Å². The van der Waals surface area contributed by atoms with Crippen molar-refractivity contribution in [1.29, 1.82) is 0 Å². The van der Waals surface area contributed by atoms with Crippen molar-refractivity contribution in [3.8, 4) is 0 Å². The highest BCUT2D eigenvalue weighted by Gasteiger charge is 2.27. The van der Waals surface area contributed by atoms with Crippen LogP contribution in [0.25, 0.3) is 6.08 Å². The van der Waals surface area contributed by atoms with Crippen LogP contribution in [0.2, 0.25) is 0 Å². The van der Waals surface area contributed by atoms with E-state index in [0.717, 1.165) is 11.1 Å². The van der Waals surface area contributed by atoms with Crippen LogP contribution in [0.1, 0.15) is 11.1 Å². The lowest BCUT2D eigenvalue weighted by molar-refractivity contribution is -0.121. The number of amidine groups is 1. The van der Waals surface area contributed by atoms with Gasteiger partial charge in [0.05, 0.1) is 0 Å². The molecule has 1 aliphatic heterocycles. The second-order valence-electron chi connectivity index (χ2n) is 4.61. The van der Waals surface area contributed by atoms with E-state index in [-0.39, 0.29) is 5.91 Å². The quantitative estimate of drug-likeness (QED) is 0.766. The van der Waals surface area contributed by atoms with Crippen LogP contribution in [0, 0.1) is 0 Å². The van der Waals surface area contributed by atoms with E-state index in [2.05, 4.69) is 4.99 Å². The lowest BCUT2D eigenvalue weighted by Crippen LogP contribution is -2.28. The van der Waals surface area contributed by atoms with E-state index in [9.17, 15) is 4.79 Å². The van der Waals surface area contributed by atoms with Gasteiger partial charge in [0.15, 0.2) is 0 Å². The van der Waals surface area contributed by atoms with Gasteiger partial charge >= 0.3 is 0 Å². The predicted octanol–water partition coefficient (Wildman–Crippen LogP) is 2.95. The van der Waals surface area contributed by atoms with Crippen molar-refractivity contribution in [2.75, 3.05) is 7.05 Å². The average Bonchev–Trinajstić information content (AvgIpc) is 2.78. The van der Waals surface area contributed by atoms with Gasteiger partial charge in [-0.25, -0.2) is 4.99 Å². The lowest BCUT2D eigenvalue weighted by Gasteiger charge is -2.11. The molecule has 3 rings (SSSR count). The first-order chi connectivity index (χ1) is 9.75. The molecule has 1 heterocycles. The van der Waals surface area contributed by atoms with Crippen LogP contribution in [0.5, 0.6) is 0 Å². The SMILES string of the molecule is CN1C(=O)C(=Cc2ccccc2)N=C1c1ccccc1. The number of likely N-dealkylation sites (N-methyl/N-ethyl adjacent to an activating group) is 1. The average molecular weight is 262 g/mol. The summed E-state index contributed by atoms with van der Waals surface area (Å²) in [6.07, 6.45) is 1.81. The van der Waals surface area contributed by atoms with Crippen LogP contribution in [0.3, 0.4) is 0 Å². The molecule has 0 radical (unpaired) electrons. The number of aliphatic imine (C=N–C) groups is 1. The summed E-state index contributed by atoms with van der Waals surface area (Å²) >= 11 is 0. The molecule has 2 aromatic carbocycles. The zero-order valence-electron chi connectivity index (χ0n) is 11.2. The summed E-state index contributed by atoms with van der Waals surface area (Å²) in [5.74, 6) is 0.616. The van der Waals surface area contributed by atoms with Gasteiger partial charge in [-0.05, 0) is 11.6 Å². The Morgan fingerprint density at radius 2 is 1.55 bits per heavy atom. The molecule has 0 atom stereocenters. The van der Waals surface area contributed by atoms with Crippen LogP contribution in [-0.2, 0) is 4.79 Å². The molecular weight excluding hydrogens is 248 g/mol. The Bertz CT molecular complexity index is 687. The number of hydrogen-bond acceptors (Lipinski definition) is 2. The molecule has 2 aromatic rings. The maximum atomic E-state index is 12.2. The number of carbonyl (C=O) groups excluding carboxylic acids is 1. The Hall–Kier alpha value is -2.68. The highest BCUT2D eigenvalue weighted by atomic mass is 16.2. The van der Waals surface area contributed by atoms with Gasteiger partial charge in [-0.15, -0.1) is 0 Å². The van der Waals surface area contributed by atoms with Crippen molar-refractivity contribution in [3.05, 3.63) is 77.5 Å². The van der Waals surface area contributed by atoms with E-state index < -0.39 is 0 Å². The second-order valence-corrected chi connectivity index (χ2v) is 4.61. The third-order valence-corrected chi connectivity index (χ3v) is 3.20. The molecular formula is C17H14N2O. The summed E-state index contributed by atoms with van der Waals surface area (Å²) in [5.41, 5.74) is 2.39. The molecule has 3 nitrogen and oxygen atoms in total. The molecule has 0 bridgehead atoms. The second kappa shape index (κ2) is 5.13. The van der Waals surface area contributed by atoms with E-state index in [1.54, 1.807) is 11.9 Å². The number of nitrogens with zero attached hydrogens (tertiary/aromatic N) is 2. The Labute approximate surface area is 117 Å². The molecule has 1 amide bonds.